The maximum absolute atomic E-state index is 14.8. The van der Waals surface area contributed by atoms with Gasteiger partial charge in [-0.05, 0) is 80.6 Å². The third-order valence-corrected chi connectivity index (χ3v) is 6.69. The lowest BCUT2D eigenvalue weighted by molar-refractivity contribution is 0.329. The molecule has 0 unspecified atom stereocenters. The van der Waals surface area contributed by atoms with Crippen LogP contribution in [-0.4, -0.2) is 33.5 Å². The minimum absolute atomic E-state index is 0.186. The van der Waals surface area contributed by atoms with E-state index in [1.807, 2.05) is 39.1 Å². The molecule has 3 N–H and O–H groups in total. The number of nitrogens with zero attached hydrogens (tertiary/aromatic N) is 2. The standard InChI is InChI=1S/C20H28FN3O2S/c1-15-6-8-19-17(12-15)14-23(11-5-4-10-22-3)27(25,26)24(19)20-9-7-16(2)13-18(20)21/h6-9,12-13,22,25-26H,4-5,10-11,14H2,1-3H3. The van der Waals surface area contributed by atoms with E-state index in [0.717, 1.165) is 36.1 Å². The largest absolute Gasteiger partial charge is 0.320 e. The second-order valence-corrected chi connectivity index (χ2v) is 8.91. The molecule has 5 nitrogen and oxygen atoms in total. The predicted molar refractivity (Wildman–Crippen MR) is 111 cm³/mol. The van der Waals surface area contributed by atoms with Crippen molar-refractivity contribution in [1.29, 1.82) is 0 Å². The first-order valence-corrected chi connectivity index (χ1v) is 10.6. The Labute approximate surface area is 162 Å². The van der Waals surface area contributed by atoms with Crippen LogP contribution >= 0.6 is 11.0 Å². The zero-order chi connectivity index (χ0) is 19.6. The number of fused-ring (bicyclic) bond motifs is 1. The first-order chi connectivity index (χ1) is 12.8. The maximum Gasteiger partial charge on any atom is 0.148 e. The minimum atomic E-state index is -3.36. The highest BCUT2D eigenvalue weighted by Gasteiger charge is 2.38. The minimum Gasteiger partial charge on any atom is -0.320 e. The van der Waals surface area contributed by atoms with Crippen LogP contribution in [0.5, 0.6) is 0 Å². The summed E-state index contributed by atoms with van der Waals surface area (Å²) >= 11 is 0. The van der Waals surface area contributed by atoms with Gasteiger partial charge in [-0.15, -0.1) is 0 Å². The van der Waals surface area contributed by atoms with E-state index in [4.69, 9.17) is 0 Å². The van der Waals surface area contributed by atoms with E-state index < -0.39 is 16.8 Å². The summed E-state index contributed by atoms with van der Waals surface area (Å²) in [7, 11) is -1.46. The molecule has 0 bridgehead atoms. The average Bonchev–Trinajstić information content (AvgIpc) is 2.60. The van der Waals surface area contributed by atoms with Gasteiger partial charge in [0, 0.05) is 13.1 Å². The quantitative estimate of drug-likeness (QED) is 0.605. The van der Waals surface area contributed by atoms with Crippen LogP contribution in [0.2, 0.25) is 0 Å². The van der Waals surface area contributed by atoms with Gasteiger partial charge in [0.1, 0.15) is 5.82 Å². The van der Waals surface area contributed by atoms with Crippen molar-refractivity contribution in [3.05, 3.63) is 58.9 Å². The summed E-state index contributed by atoms with van der Waals surface area (Å²) in [4.78, 5) is 0. The molecule has 7 heteroatoms. The second kappa shape index (κ2) is 8.16. The fraction of sp³-hybridized carbons (Fsp3) is 0.400. The highest BCUT2D eigenvalue weighted by Crippen LogP contribution is 2.59. The molecule has 2 aromatic rings. The molecule has 0 radical (unpaired) electrons. The smallest absolute Gasteiger partial charge is 0.148 e. The van der Waals surface area contributed by atoms with E-state index in [-0.39, 0.29) is 5.69 Å². The molecule has 0 amide bonds. The number of hydrogen-bond donors (Lipinski definition) is 3. The Bertz CT molecular complexity index is 816. The van der Waals surface area contributed by atoms with E-state index in [1.54, 1.807) is 16.4 Å². The van der Waals surface area contributed by atoms with Crippen molar-refractivity contribution < 1.29 is 13.5 Å². The Morgan fingerprint density at radius 1 is 1.04 bits per heavy atom. The zero-order valence-electron chi connectivity index (χ0n) is 16.1. The summed E-state index contributed by atoms with van der Waals surface area (Å²) in [5.74, 6) is -0.460. The van der Waals surface area contributed by atoms with Crippen molar-refractivity contribution in [2.75, 3.05) is 24.4 Å². The Hall–Kier alpha value is -1.64. The van der Waals surface area contributed by atoms with Gasteiger partial charge in [0.25, 0.3) is 0 Å². The Balaban J connectivity index is 2.03. The van der Waals surface area contributed by atoms with Gasteiger partial charge in [0.2, 0.25) is 0 Å². The molecule has 0 aliphatic carbocycles. The summed E-state index contributed by atoms with van der Waals surface area (Å²) in [6.45, 7) is 5.65. The second-order valence-electron chi connectivity index (χ2n) is 7.05. The Morgan fingerprint density at radius 3 is 2.37 bits per heavy atom. The van der Waals surface area contributed by atoms with Gasteiger partial charge in [-0.3, -0.25) is 9.11 Å². The van der Waals surface area contributed by atoms with Crippen LogP contribution in [0.4, 0.5) is 15.8 Å². The van der Waals surface area contributed by atoms with Gasteiger partial charge in [0.15, 0.2) is 0 Å². The number of benzene rings is 2. The molecule has 0 atom stereocenters. The van der Waals surface area contributed by atoms with Gasteiger partial charge >= 0.3 is 0 Å². The fourth-order valence-corrected chi connectivity index (χ4v) is 5.16. The predicted octanol–water partition coefficient (Wildman–Crippen LogP) is 4.98. The summed E-state index contributed by atoms with van der Waals surface area (Å²) in [6, 6.07) is 10.6. The van der Waals surface area contributed by atoms with Gasteiger partial charge in [-0.2, -0.15) is 4.31 Å². The molecule has 1 heterocycles. The van der Waals surface area contributed by atoms with Crippen LogP contribution in [0.25, 0.3) is 0 Å². The van der Waals surface area contributed by atoms with Crippen molar-refractivity contribution in [3.63, 3.8) is 0 Å². The summed E-state index contributed by atoms with van der Waals surface area (Å²) in [6.07, 6.45) is 1.75. The lowest BCUT2D eigenvalue weighted by atomic mass is 10.1. The molecular formula is C20H28FN3O2S. The van der Waals surface area contributed by atoms with E-state index in [9.17, 15) is 13.5 Å². The van der Waals surface area contributed by atoms with Gasteiger partial charge in [0.05, 0.1) is 11.4 Å². The third kappa shape index (κ3) is 4.12. The third-order valence-electron chi connectivity index (χ3n) is 4.80. The van der Waals surface area contributed by atoms with Crippen LogP contribution in [-0.2, 0) is 6.54 Å². The highest BCUT2D eigenvalue weighted by molar-refractivity contribution is 8.23. The van der Waals surface area contributed by atoms with Crippen molar-refractivity contribution >= 4 is 22.3 Å². The Kier molecular flexibility index (Phi) is 6.08. The number of hydrogen-bond acceptors (Lipinski definition) is 5. The topological polar surface area (TPSA) is 59.0 Å². The molecule has 0 spiro atoms. The molecular weight excluding hydrogens is 365 g/mol. The lowest BCUT2D eigenvalue weighted by Gasteiger charge is -2.54. The van der Waals surface area contributed by atoms with Gasteiger partial charge in [-0.1, -0.05) is 23.8 Å². The molecule has 0 aromatic heterocycles. The number of halogens is 1. The highest BCUT2D eigenvalue weighted by atomic mass is 32.3. The summed E-state index contributed by atoms with van der Waals surface area (Å²) < 4.78 is 40.0. The lowest BCUT2D eigenvalue weighted by Crippen LogP contribution is -2.42. The fourth-order valence-electron chi connectivity index (χ4n) is 3.39. The molecule has 3 rings (SSSR count). The van der Waals surface area contributed by atoms with Crippen LogP contribution in [0, 0.1) is 19.7 Å². The van der Waals surface area contributed by atoms with Crippen molar-refractivity contribution in [2.24, 2.45) is 0 Å². The first kappa shape index (κ1) is 20.1. The SMILES string of the molecule is CNCCCCN1Cc2cc(C)ccc2N(c2ccc(C)cc2F)S1(O)O. The van der Waals surface area contributed by atoms with E-state index in [1.165, 1.54) is 10.4 Å². The maximum atomic E-state index is 14.8. The molecule has 27 heavy (non-hydrogen) atoms. The van der Waals surface area contributed by atoms with Crippen molar-refractivity contribution in [3.8, 4) is 0 Å². The number of anilines is 2. The average molecular weight is 394 g/mol. The first-order valence-electron chi connectivity index (χ1n) is 9.18. The van der Waals surface area contributed by atoms with Crippen molar-refractivity contribution in [1.82, 2.24) is 9.62 Å². The number of aryl methyl sites for hydroxylation is 2. The van der Waals surface area contributed by atoms with Crippen LogP contribution in [0.15, 0.2) is 36.4 Å². The molecule has 1 aliphatic heterocycles. The van der Waals surface area contributed by atoms with Gasteiger partial charge < -0.3 is 5.32 Å². The molecule has 0 saturated carbocycles. The van der Waals surface area contributed by atoms with Gasteiger partial charge in [-0.25, -0.2) is 8.70 Å². The molecule has 0 saturated heterocycles. The molecule has 0 fully saturated rings. The summed E-state index contributed by atoms with van der Waals surface area (Å²) in [5.41, 5.74) is 3.68. The zero-order valence-corrected chi connectivity index (χ0v) is 16.9. The Morgan fingerprint density at radius 2 is 1.70 bits per heavy atom. The van der Waals surface area contributed by atoms with Crippen LogP contribution in [0.3, 0.4) is 0 Å². The number of nitrogens with one attached hydrogen (secondary N) is 1. The van der Waals surface area contributed by atoms with Crippen molar-refractivity contribution in [2.45, 2.75) is 33.2 Å². The van der Waals surface area contributed by atoms with Crippen LogP contribution < -0.4 is 9.62 Å². The van der Waals surface area contributed by atoms with Crippen LogP contribution in [0.1, 0.15) is 29.5 Å². The molecule has 148 valence electrons. The molecule has 2 aromatic carbocycles. The number of rotatable bonds is 6. The number of unbranched alkanes of at least 4 members (excludes halogenated alkanes) is 1. The normalized spacial score (nSPS) is 17.6. The molecule has 1 aliphatic rings. The summed E-state index contributed by atoms with van der Waals surface area (Å²) in [5, 5.41) is 3.10. The van der Waals surface area contributed by atoms with E-state index in [0.29, 0.717) is 18.8 Å². The van der Waals surface area contributed by atoms with E-state index in [2.05, 4.69) is 5.32 Å². The monoisotopic (exact) mass is 393 g/mol. The van der Waals surface area contributed by atoms with E-state index >= 15 is 0 Å².